The molecule has 0 saturated carbocycles. The SMILES string of the molecule is Cc1ccccc1P(C)CC(OC(=O)C(C)(C)C)(c1ccccc1)c1ccccc1. The van der Waals surface area contributed by atoms with Crippen LogP contribution >= 0.6 is 7.92 Å². The third-order valence-electron chi connectivity index (χ3n) is 5.35. The summed E-state index contributed by atoms with van der Waals surface area (Å²) >= 11 is 0. The lowest BCUT2D eigenvalue weighted by molar-refractivity contribution is -0.164. The summed E-state index contributed by atoms with van der Waals surface area (Å²) in [6.07, 6.45) is 0.725. The molecule has 3 rings (SSSR count). The van der Waals surface area contributed by atoms with E-state index < -0.39 is 18.9 Å². The molecule has 3 aromatic carbocycles. The zero-order chi connectivity index (χ0) is 21.8. The quantitative estimate of drug-likeness (QED) is 0.349. The van der Waals surface area contributed by atoms with E-state index in [9.17, 15) is 4.79 Å². The second-order valence-electron chi connectivity index (χ2n) is 8.84. The molecule has 0 aromatic heterocycles. The van der Waals surface area contributed by atoms with E-state index in [0.717, 1.165) is 17.3 Å². The van der Waals surface area contributed by atoms with E-state index in [2.05, 4.69) is 62.1 Å². The van der Waals surface area contributed by atoms with Gasteiger partial charge in [0.2, 0.25) is 0 Å². The monoisotopic (exact) mass is 418 g/mol. The van der Waals surface area contributed by atoms with Crippen LogP contribution in [0.1, 0.15) is 37.5 Å². The molecule has 1 unspecified atom stereocenters. The molecular weight excluding hydrogens is 387 g/mol. The van der Waals surface area contributed by atoms with Gasteiger partial charge in [0, 0.05) is 17.3 Å². The molecule has 0 bridgehead atoms. The minimum Gasteiger partial charge on any atom is -0.448 e. The number of hydrogen-bond acceptors (Lipinski definition) is 2. The first-order valence-electron chi connectivity index (χ1n) is 10.4. The average molecular weight is 419 g/mol. The Morgan fingerprint density at radius 2 is 1.27 bits per heavy atom. The summed E-state index contributed by atoms with van der Waals surface area (Å²) in [5.41, 5.74) is 1.88. The molecule has 0 spiro atoms. The molecule has 2 nitrogen and oxygen atoms in total. The van der Waals surface area contributed by atoms with Crippen molar-refractivity contribution in [1.29, 1.82) is 0 Å². The van der Waals surface area contributed by atoms with E-state index in [0.29, 0.717) is 0 Å². The van der Waals surface area contributed by atoms with E-state index in [1.165, 1.54) is 10.9 Å². The lowest BCUT2D eigenvalue weighted by atomic mass is 9.86. The fourth-order valence-corrected chi connectivity index (χ4v) is 5.92. The summed E-state index contributed by atoms with van der Waals surface area (Å²) in [5.74, 6) is -0.191. The molecule has 1 atom stereocenters. The van der Waals surface area contributed by atoms with Crippen molar-refractivity contribution < 1.29 is 9.53 Å². The van der Waals surface area contributed by atoms with E-state index in [-0.39, 0.29) is 5.97 Å². The largest absolute Gasteiger partial charge is 0.448 e. The molecular formula is C27H31O2P. The maximum absolute atomic E-state index is 13.2. The van der Waals surface area contributed by atoms with Gasteiger partial charge in [-0.05, 0) is 45.2 Å². The lowest BCUT2D eigenvalue weighted by Gasteiger charge is -2.39. The van der Waals surface area contributed by atoms with Crippen molar-refractivity contribution in [3.8, 4) is 0 Å². The Kier molecular flexibility index (Phi) is 6.78. The Balaban J connectivity index is 2.17. The van der Waals surface area contributed by atoms with Gasteiger partial charge >= 0.3 is 5.97 Å². The van der Waals surface area contributed by atoms with Gasteiger partial charge < -0.3 is 4.74 Å². The van der Waals surface area contributed by atoms with Crippen molar-refractivity contribution >= 4 is 19.2 Å². The Hall–Kier alpha value is -2.44. The smallest absolute Gasteiger partial charge is 0.312 e. The predicted molar refractivity (Wildman–Crippen MR) is 128 cm³/mol. The molecule has 3 heteroatoms. The molecule has 0 heterocycles. The van der Waals surface area contributed by atoms with Gasteiger partial charge in [0.15, 0.2) is 5.60 Å². The zero-order valence-corrected chi connectivity index (χ0v) is 19.4. The van der Waals surface area contributed by atoms with Crippen LogP contribution in [0.4, 0.5) is 0 Å². The molecule has 0 aliphatic rings. The minimum atomic E-state index is -0.838. The maximum Gasteiger partial charge on any atom is 0.312 e. The van der Waals surface area contributed by atoms with Gasteiger partial charge in [0.1, 0.15) is 0 Å². The zero-order valence-electron chi connectivity index (χ0n) is 18.6. The molecule has 156 valence electrons. The van der Waals surface area contributed by atoms with Crippen LogP contribution in [0.5, 0.6) is 0 Å². The van der Waals surface area contributed by atoms with Gasteiger partial charge in [-0.15, -0.1) is 0 Å². The fraction of sp³-hybridized carbons (Fsp3) is 0.296. The number of ether oxygens (including phenoxy) is 1. The maximum atomic E-state index is 13.2. The van der Waals surface area contributed by atoms with Crippen LogP contribution in [-0.4, -0.2) is 18.8 Å². The first kappa shape index (κ1) is 22.2. The van der Waals surface area contributed by atoms with Gasteiger partial charge in [0.05, 0.1) is 5.41 Å². The summed E-state index contributed by atoms with van der Waals surface area (Å²) in [4.78, 5) is 13.2. The molecule has 0 fully saturated rings. The standard InChI is InChI=1S/C27H31O2P/c1-21-14-12-13-19-24(21)30(5)20-27(22-15-8-6-9-16-22,23-17-10-7-11-18-23)29-25(28)26(2,3)4/h6-19H,20H2,1-5H3. The van der Waals surface area contributed by atoms with Gasteiger partial charge in [-0.1, -0.05) is 92.9 Å². The number of hydrogen-bond donors (Lipinski definition) is 0. The van der Waals surface area contributed by atoms with E-state index in [4.69, 9.17) is 4.74 Å². The number of esters is 1. The van der Waals surface area contributed by atoms with Gasteiger partial charge in [-0.25, -0.2) is 0 Å². The molecule has 0 N–H and O–H groups in total. The van der Waals surface area contributed by atoms with E-state index >= 15 is 0 Å². The summed E-state index contributed by atoms with van der Waals surface area (Å²) in [7, 11) is -0.575. The highest BCUT2D eigenvalue weighted by molar-refractivity contribution is 7.65. The van der Waals surface area contributed by atoms with Crippen molar-refractivity contribution in [2.45, 2.75) is 33.3 Å². The molecule has 0 saturated heterocycles. The van der Waals surface area contributed by atoms with Gasteiger partial charge in [-0.2, -0.15) is 0 Å². The van der Waals surface area contributed by atoms with Crippen molar-refractivity contribution in [3.63, 3.8) is 0 Å². The van der Waals surface area contributed by atoms with Gasteiger partial charge in [0.25, 0.3) is 0 Å². The molecule has 0 aliphatic carbocycles. The highest BCUT2D eigenvalue weighted by Gasteiger charge is 2.42. The first-order valence-corrected chi connectivity index (χ1v) is 12.3. The summed E-state index contributed by atoms with van der Waals surface area (Å²) < 4.78 is 6.48. The third-order valence-corrected chi connectivity index (χ3v) is 7.59. The summed E-state index contributed by atoms with van der Waals surface area (Å²) in [5, 5.41) is 1.34. The number of rotatable bonds is 6. The highest BCUT2D eigenvalue weighted by Crippen LogP contribution is 2.46. The minimum absolute atomic E-state index is 0.191. The van der Waals surface area contributed by atoms with Crippen LogP contribution in [0.3, 0.4) is 0 Å². The number of carbonyl (C=O) groups excluding carboxylic acids is 1. The van der Waals surface area contributed by atoms with Crippen LogP contribution in [0.15, 0.2) is 84.9 Å². The van der Waals surface area contributed by atoms with E-state index in [1.54, 1.807) is 0 Å². The normalized spacial score (nSPS) is 13.0. The third kappa shape index (κ3) is 4.82. The number of aryl methyl sites for hydroxylation is 1. The second-order valence-corrected chi connectivity index (χ2v) is 11.0. The molecule has 3 aromatic rings. The topological polar surface area (TPSA) is 26.3 Å². The van der Waals surface area contributed by atoms with Crippen LogP contribution in [0.25, 0.3) is 0 Å². The van der Waals surface area contributed by atoms with Crippen molar-refractivity contribution in [2.24, 2.45) is 5.41 Å². The summed E-state index contributed by atoms with van der Waals surface area (Å²) in [6, 6.07) is 28.9. The predicted octanol–water partition coefficient (Wildman–Crippen LogP) is 6.27. The summed E-state index contributed by atoms with van der Waals surface area (Å²) in [6.45, 7) is 10.2. The Morgan fingerprint density at radius 1 is 0.800 bits per heavy atom. The first-order chi connectivity index (χ1) is 14.2. The number of benzene rings is 3. The van der Waals surface area contributed by atoms with Crippen LogP contribution in [0, 0.1) is 12.3 Å². The van der Waals surface area contributed by atoms with Crippen molar-refractivity contribution in [3.05, 3.63) is 102 Å². The molecule has 30 heavy (non-hydrogen) atoms. The average Bonchev–Trinajstić information content (AvgIpc) is 2.74. The van der Waals surface area contributed by atoms with E-state index in [1.807, 2.05) is 57.2 Å². The molecule has 0 radical (unpaired) electrons. The van der Waals surface area contributed by atoms with Gasteiger partial charge in [-0.3, -0.25) is 4.79 Å². The highest BCUT2D eigenvalue weighted by atomic mass is 31.1. The van der Waals surface area contributed by atoms with Crippen molar-refractivity contribution in [2.75, 3.05) is 12.8 Å². The fourth-order valence-electron chi connectivity index (χ4n) is 3.64. The molecule has 0 amide bonds. The Labute approximate surface area is 182 Å². The van der Waals surface area contributed by atoms with Crippen molar-refractivity contribution in [1.82, 2.24) is 0 Å². The Bertz CT molecular complexity index is 935. The van der Waals surface area contributed by atoms with Crippen LogP contribution in [0.2, 0.25) is 0 Å². The molecule has 0 aliphatic heterocycles. The Morgan fingerprint density at radius 3 is 1.73 bits per heavy atom. The number of carbonyl (C=O) groups is 1. The lowest BCUT2D eigenvalue weighted by Crippen LogP contribution is -2.41. The van der Waals surface area contributed by atoms with Crippen LogP contribution in [-0.2, 0) is 15.1 Å². The van der Waals surface area contributed by atoms with Crippen LogP contribution < -0.4 is 5.30 Å². The second kappa shape index (κ2) is 9.14.